The van der Waals surface area contributed by atoms with Gasteiger partial charge in [-0.2, -0.15) is 0 Å². The first-order valence-corrected chi connectivity index (χ1v) is 7.81. The smallest absolute Gasteiger partial charge is 0.339 e. The number of hydrogen-bond donors (Lipinski definition) is 1. The van der Waals surface area contributed by atoms with Gasteiger partial charge < -0.3 is 15.0 Å². The summed E-state index contributed by atoms with van der Waals surface area (Å²) in [7, 11) is 1.45. The molecule has 1 aliphatic rings. The average molecular weight is 387 g/mol. The lowest BCUT2D eigenvalue weighted by Gasteiger charge is -2.16. The van der Waals surface area contributed by atoms with E-state index in [0.29, 0.717) is 0 Å². The van der Waals surface area contributed by atoms with Gasteiger partial charge in [-0.05, 0) is 47.0 Å². The number of carbonyl (C=O) groups excluding carboxylic acids is 3. The molecule has 0 heterocycles. The quantitative estimate of drug-likeness (QED) is 0.751. The van der Waals surface area contributed by atoms with Crippen LogP contribution in [0, 0.1) is 5.82 Å². The van der Waals surface area contributed by atoms with Crippen LogP contribution >= 0.6 is 15.9 Å². The van der Waals surface area contributed by atoms with Gasteiger partial charge in [0.1, 0.15) is 5.82 Å². The van der Waals surface area contributed by atoms with Gasteiger partial charge in [0.25, 0.3) is 5.91 Å². The van der Waals surface area contributed by atoms with Crippen molar-refractivity contribution >= 4 is 33.7 Å². The summed E-state index contributed by atoms with van der Waals surface area (Å²) in [6, 6.07) is 3.74. The summed E-state index contributed by atoms with van der Waals surface area (Å²) >= 11 is 3.06. The van der Waals surface area contributed by atoms with Crippen molar-refractivity contribution < 1.29 is 23.5 Å². The van der Waals surface area contributed by atoms with Crippen LogP contribution in [0.15, 0.2) is 22.7 Å². The predicted molar refractivity (Wildman–Crippen MR) is 83.2 cm³/mol. The maximum Gasteiger partial charge on any atom is 0.339 e. The number of ether oxygens (including phenoxy) is 1. The molecular weight excluding hydrogens is 371 g/mol. The molecule has 1 saturated carbocycles. The number of benzene rings is 1. The molecule has 0 bridgehead atoms. The Labute approximate surface area is 141 Å². The minimum atomic E-state index is -0.749. The van der Waals surface area contributed by atoms with E-state index in [2.05, 4.69) is 21.2 Å². The minimum Gasteiger partial charge on any atom is -0.452 e. The Morgan fingerprint density at radius 1 is 1.39 bits per heavy atom. The molecule has 23 heavy (non-hydrogen) atoms. The molecule has 2 rings (SSSR count). The highest BCUT2D eigenvalue weighted by Crippen LogP contribution is 2.19. The van der Waals surface area contributed by atoms with Crippen molar-refractivity contribution in [1.82, 2.24) is 10.2 Å². The highest BCUT2D eigenvalue weighted by atomic mass is 79.9. The second-order valence-electron chi connectivity index (χ2n) is 5.29. The summed E-state index contributed by atoms with van der Waals surface area (Å²) in [6.45, 7) is -0.580. The molecule has 8 heteroatoms. The number of rotatable bonds is 6. The third-order valence-corrected chi connectivity index (χ3v) is 3.88. The van der Waals surface area contributed by atoms with Crippen LogP contribution < -0.4 is 5.32 Å². The standard InChI is InChI=1S/C15H16BrFN2O4/c1-19(7-13(20)18-10-3-4-10)14(21)8-23-15(22)11-5-2-9(17)6-12(11)16/h2,5-6,10H,3-4,7-8H2,1H3,(H,18,20). The lowest BCUT2D eigenvalue weighted by Crippen LogP contribution is -2.40. The lowest BCUT2D eigenvalue weighted by atomic mass is 10.2. The Balaban J connectivity index is 1.80. The first kappa shape index (κ1) is 17.4. The van der Waals surface area contributed by atoms with E-state index in [0.717, 1.165) is 25.0 Å². The molecule has 0 radical (unpaired) electrons. The first-order valence-electron chi connectivity index (χ1n) is 7.02. The zero-order chi connectivity index (χ0) is 17.0. The van der Waals surface area contributed by atoms with E-state index in [1.807, 2.05) is 0 Å². The first-order chi connectivity index (χ1) is 10.9. The van der Waals surface area contributed by atoms with Crippen molar-refractivity contribution in [3.8, 4) is 0 Å². The fourth-order valence-electron chi connectivity index (χ4n) is 1.77. The van der Waals surface area contributed by atoms with E-state index in [1.165, 1.54) is 18.0 Å². The third kappa shape index (κ3) is 5.31. The maximum absolute atomic E-state index is 13.0. The summed E-state index contributed by atoms with van der Waals surface area (Å²) < 4.78 is 18.1. The number of likely N-dealkylation sites (N-methyl/N-ethyl adjacent to an activating group) is 1. The van der Waals surface area contributed by atoms with Gasteiger partial charge in [-0.3, -0.25) is 9.59 Å². The number of amides is 2. The Bertz CT molecular complexity index is 634. The van der Waals surface area contributed by atoms with Gasteiger partial charge in [0, 0.05) is 17.6 Å². The van der Waals surface area contributed by atoms with Crippen LogP contribution in [-0.2, 0) is 14.3 Å². The molecule has 1 aliphatic carbocycles. The normalized spacial score (nSPS) is 13.3. The fraction of sp³-hybridized carbons (Fsp3) is 0.400. The molecule has 1 aromatic carbocycles. The lowest BCUT2D eigenvalue weighted by molar-refractivity contribution is -0.137. The van der Waals surface area contributed by atoms with Crippen LogP contribution in [0.4, 0.5) is 4.39 Å². The second kappa shape index (κ2) is 7.54. The van der Waals surface area contributed by atoms with Crippen LogP contribution in [0.3, 0.4) is 0 Å². The summed E-state index contributed by atoms with van der Waals surface area (Å²) in [5.41, 5.74) is 0.119. The van der Waals surface area contributed by atoms with Crippen LogP contribution in [0.2, 0.25) is 0 Å². The highest BCUT2D eigenvalue weighted by Gasteiger charge is 2.24. The van der Waals surface area contributed by atoms with Gasteiger partial charge in [-0.1, -0.05) is 0 Å². The molecular formula is C15H16BrFN2O4. The largest absolute Gasteiger partial charge is 0.452 e. The average Bonchev–Trinajstić information content (AvgIpc) is 3.27. The zero-order valence-corrected chi connectivity index (χ0v) is 14.1. The van der Waals surface area contributed by atoms with E-state index >= 15 is 0 Å². The van der Waals surface area contributed by atoms with Gasteiger partial charge in [-0.15, -0.1) is 0 Å². The molecule has 2 amide bonds. The van der Waals surface area contributed by atoms with Gasteiger partial charge in [0.2, 0.25) is 5.91 Å². The molecule has 0 aliphatic heterocycles. The van der Waals surface area contributed by atoms with Crippen molar-refractivity contribution in [2.24, 2.45) is 0 Å². The SMILES string of the molecule is CN(CC(=O)NC1CC1)C(=O)COC(=O)c1ccc(F)cc1Br. The summed E-state index contributed by atoms with van der Waals surface area (Å²) in [6.07, 6.45) is 1.93. The number of carbonyl (C=O) groups is 3. The van der Waals surface area contributed by atoms with E-state index < -0.39 is 24.3 Å². The molecule has 0 saturated heterocycles. The number of halogens is 2. The van der Waals surface area contributed by atoms with Gasteiger partial charge in [0.15, 0.2) is 6.61 Å². The van der Waals surface area contributed by atoms with Gasteiger partial charge in [-0.25, -0.2) is 9.18 Å². The Morgan fingerprint density at radius 2 is 2.09 bits per heavy atom. The minimum absolute atomic E-state index is 0.0902. The van der Waals surface area contributed by atoms with Crippen molar-refractivity contribution in [3.05, 3.63) is 34.1 Å². The van der Waals surface area contributed by atoms with Crippen LogP contribution in [-0.4, -0.2) is 48.9 Å². The van der Waals surface area contributed by atoms with Crippen molar-refractivity contribution in [1.29, 1.82) is 0 Å². The topological polar surface area (TPSA) is 75.7 Å². The monoisotopic (exact) mass is 386 g/mol. The molecule has 124 valence electrons. The zero-order valence-electron chi connectivity index (χ0n) is 12.5. The molecule has 0 spiro atoms. The predicted octanol–water partition coefficient (Wildman–Crippen LogP) is 1.48. The molecule has 1 aromatic rings. The van der Waals surface area contributed by atoms with Crippen molar-refractivity contribution in [2.45, 2.75) is 18.9 Å². The highest BCUT2D eigenvalue weighted by molar-refractivity contribution is 9.10. The second-order valence-corrected chi connectivity index (χ2v) is 6.15. The van der Waals surface area contributed by atoms with Gasteiger partial charge in [0.05, 0.1) is 12.1 Å². The van der Waals surface area contributed by atoms with Crippen LogP contribution in [0.25, 0.3) is 0 Å². The third-order valence-electron chi connectivity index (χ3n) is 3.23. The summed E-state index contributed by atoms with van der Waals surface area (Å²) in [5, 5.41) is 2.76. The number of nitrogens with one attached hydrogen (secondary N) is 1. The Kier molecular flexibility index (Phi) is 5.70. The summed E-state index contributed by atoms with van der Waals surface area (Å²) in [5.74, 6) is -1.98. The fourth-order valence-corrected chi connectivity index (χ4v) is 2.29. The molecule has 1 fully saturated rings. The van der Waals surface area contributed by atoms with E-state index in [-0.39, 0.29) is 28.5 Å². The number of hydrogen-bond acceptors (Lipinski definition) is 4. The molecule has 0 aromatic heterocycles. The van der Waals surface area contributed by atoms with Crippen molar-refractivity contribution in [3.63, 3.8) is 0 Å². The van der Waals surface area contributed by atoms with Crippen molar-refractivity contribution in [2.75, 3.05) is 20.2 Å². The van der Waals surface area contributed by atoms with Crippen LogP contribution in [0.5, 0.6) is 0 Å². The summed E-state index contributed by atoms with van der Waals surface area (Å²) in [4.78, 5) is 36.5. The maximum atomic E-state index is 13.0. The Hall–Kier alpha value is -1.96. The molecule has 1 N–H and O–H groups in total. The Morgan fingerprint density at radius 3 is 2.70 bits per heavy atom. The number of nitrogens with zero attached hydrogens (tertiary/aromatic N) is 1. The molecule has 0 atom stereocenters. The van der Waals surface area contributed by atoms with E-state index in [4.69, 9.17) is 4.74 Å². The van der Waals surface area contributed by atoms with E-state index in [9.17, 15) is 18.8 Å². The molecule has 6 nitrogen and oxygen atoms in total. The van der Waals surface area contributed by atoms with Gasteiger partial charge >= 0.3 is 5.97 Å². The van der Waals surface area contributed by atoms with Crippen LogP contribution in [0.1, 0.15) is 23.2 Å². The number of esters is 1. The molecule has 0 unspecified atom stereocenters. The van der Waals surface area contributed by atoms with E-state index in [1.54, 1.807) is 0 Å².